The van der Waals surface area contributed by atoms with E-state index < -0.39 is 0 Å². The van der Waals surface area contributed by atoms with Crippen LogP contribution in [0.3, 0.4) is 0 Å². The summed E-state index contributed by atoms with van der Waals surface area (Å²) in [5.74, 6) is 0. The molecule has 0 spiro atoms. The van der Waals surface area contributed by atoms with Crippen molar-refractivity contribution in [2.24, 2.45) is 5.10 Å². The van der Waals surface area contributed by atoms with Crippen molar-refractivity contribution in [3.05, 3.63) is 82.6 Å². The maximum atomic E-state index is 4.96. The molecule has 0 saturated heterocycles. The van der Waals surface area contributed by atoms with E-state index in [1.54, 1.807) is 11.3 Å². The van der Waals surface area contributed by atoms with Crippen molar-refractivity contribution in [1.82, 2.24) is 0 Å². The van der Waals surface area contributed by atoms with Crippen LogP contribution in [0.5, 0.6) is 0 Å². The van der Waals surface area contributed by atoms with Gasteiger partial charge in [0, 0.05) is 31.8 Å². The average Bonchev–Trinajstić information content (AvgIpc) is 3.32. The minimum absolute atomic E-state index is 0.230. The Morgan fingerprint density at radius 1 is 1.00 bits per heavy atom. The van der Waals surface area contributed by atoms with Crippen LogP contribution < -0.4 is 9.91 Å². The van der Waals surface area contributed by atoms with Crippen LogP contribution in [0.15, 0.2) is 76.5 Å². The Balaban J connectivity index is 1.70. The second-order valence-corrected chi connectivity index (χ2v) is 7.22. The number of benzene rings is 2. The Labute approximate surface area is 152 Å². The molecule has 0 aliphatic carbocycles. The first kappa shape index (κ1) is 15.9. The Bertz CT molecular complexity index is 852. The molecular weight excluding hydrogens is 326 g/mol. The molecule has 1 aromatic heterocycles. The highest BCUT2D eigenvalue weighted by Gasteiger charge is 2.29. The fourth-order valence-corrected chi connectivity index (χ4v) is 3.85. The van der Waals surface area contributed by atoms with E-state index in [9.17, 15) is 0 Å². The number of hydrogen-bond acceptors (Lipinski definition) is 4. The van der Waals surface area contributed by atoms with E-state index in [0.29, 0.717) is 0 Å². The van der Waals surface area contributed by atoms with E-state index in [2.05, 4.69) is 89.4 Å². The van der Waals surface area contributed by atoms with Crippen molar-refractivity contribution in [2.75, 3.05) is 24.0 Å². The Morgan fingerprint density at radius 3 is 2.40 bits per heavy atom. The standard InChI is InChI=1S/C21H21N3S/c1-23(2)18-10-8-16(9-11-18)21-14-20(17-12-13-25-15-17)22-24(21)19-6-4-3-5-7-19/h3-13,15,21H,14H2,1-2H3. The fourth-order valence-electron chi connectivity index (χ4n) is 3.19. The predicted molar refractivity (Wildman–Crippen MR) is 108 cm³/mol. The number of hydrazone groups is 1. The van der Waals surface area contributed by atoms with Crippen LogP contribution in [-0.4, -0.2) is 19.8 Å². The molecule has 126 valence electrons. The molecule has 2 aromatic carbocycles. The number of thiophene rings is 1. The molecule has 0 amide bonds. The van der Waals surface area contributed by atoms with Gasteiger partial charge in [-0.15, -0.1) is 0 Å². The summed E-state index contributed by atoms with van der Waals surface area (Å²) in [5, 5.41) is 11.4. The topological polar surface area (TPSA) is 18.8 Å². The van der Waals surface area contributed by atoms with Crippen molar-refractivity contribution in [3.8, 4) is 0 Å². The van der Waals surface area contributed by atoms with Gasteiger partial charge >= 0.3 is 0 Å². The van der Waals surface area contributed by atoms with Crippen LogP contribution in [-0.2, 0) is 0 Å². The molecule has 25 heavy (non-hydrogen) atoms. The average molecular weight is 347 g/mol. The Hall–Kier alpha value is -2.59. The third kappa shape index (κ3) is 3.17. The number of nitrogens with zero attached hydrogens (tertiary/aromatic N) is 3. The summed E-state index contributed by atoms with van der Waals surface area (Å²) in [6.07, 6.45) is 0.924. The number of anilines is 2. The molecule has 4 heteroatoms. The highest BCUT2D eigenvalue weighted by molar-refractivity contribution is 7.08. The molecule has 2 heterocycles. The van der Waals surface area contributed by atoms with Gasteiger partial charge in [0.2, 0.25) is 0 Å². The SMILES string of the molecule is CN(C)c1ccc(C2CC(c3ccsc3)=NN2c2ccccc2)cc1. The van der Waals surface area contributed by atoms with Crippen molar-refractivity contribution < 1.29 is 0 Å². The third-order valence-corrected chi connectivity index (χ3v) is 5.26. The maximum Gasteiger partial charge on any atom is 0.0831 e. The lowest BCUT2D eigenvalue weighted by molar-refractivity contribution is 0.709. The summed E-state index contributed by atoms with van der Waals surface area (Å²) in [5.41, 5.74) is 6.04. The molecule has 0 fully saturated rings. The lowest BCUT2D eigenvalue weighted by Gasteiger charge is -2.24. The van der Waals surface area contributed by atoms with Crippen LogP contribution in [0.25, 0.3) is 0 Å². The normalized spacial score (nSPS) is 16.8. The van der Waals surface area contributed by atoms with Crippen LogP contribution in [0.1, 0.15) is 23.6 Å². The maximum absolute atomic E-state index is 4.96. The zero-order chi connectivity index (χ0) is 17.2. The van der Waals surface area contributed by atoms with E-state index in [0.717, 1.165) is 17.8 Å². The molecule has 1 atom stereocenters. The van der Waals surface area contributed by atoms with Crippen molar-refractivity contribution in [2.45, 2.75) is 12.5 Å². The van der Waals surface area contributed by atoms with Crippen LogP contribution >= 0.6 is 11.3 Å². The fraction of sp³-hybridized carbons (Fsp3) is 0.190. The van der Waals surface area contributed by atoms with Crippen LogP contribution in [0.4, 0.5) is 11.4 Å². The molecule has 0 bridgehead atoms. The van der Waals surface area contributed by atoms with Gasteiger partial charge in [0.25, 0.3) is 0 Å². The van der Waals surface area contributed by atoms with E-state index in [4.69, 9.17) is 5.10 Å². The lowest BCUT2D eigenvalue weighted by atomic mass is 9.99. The van der Waals surface area contributed by atoms with Gasteiger partial charge in [-0.25, -0.2) is 0 Å². The largest absolute Gasteiger partial charge is 0.378 e. The first-order valence-electron chi connectivity index (χ1n) is 8.44. The smallest absolute Gasteiger partial charge is 0.0831 e. The molecule has 3 nitrogen and oxygen atoms in total. The summed E-state index contributed by atoms with van der Waals surface area (Å²) in [4.78, 5) is 2.13. The van der Waals surface area contributed by atoms with Gasteiger partial charge in [-0.05, 0) is 46.7 Å². The Morgan fingerprint density at radius 2 is 1.76 bits per heavy atom. The van der Waals surface area contributed by atoms with Gasteiger partial charge in [-0.3, -0.25) is 5.01 Å². The summed E-state index contributed by atoms with van der Waals surface area (Å²) in [6, 6.07) is 21.6. The van der Waals surface area contributed by atoms with Crippen LogP contribution in [0.2, 0.25) is 0 Å². The summed E-state index contributed by atoms with van der Waals surface area (Å²) in [6.45, 7) is 0. The summed E-state index contributed by atoms with van der Waals surface area (Å²) < 4.78 is 0. The highest BCUT2D eigenvalue weighted by Crippen LogP contribution is 2.37. The van der Waals surface area contributed by atoms with Crippen molar-refractivity contribution in [3.63, 3.8) is 0 Å². The molecule has 0 saturated carbocycles. The zero-order valence-electron chi connectivity index (χ0n) is 14.5. The number of para-hydroxylation sites is 1. The molecule has 1 aliphatic heterocycles. The first-order valence-corrected chi connectivity index (χ1v) is 9.38. The quantitative estimate of drug-likeness (QED) is 0.648. The molecule has 1 unspecified atom stereocenters. The van der Waals surface area contributed by atoms with Gasteiger partial charge in [-0.1, -0.05) is 30.3 Å². The van der Waals surface area contributed by atoms with E-state index in [1.165, 1.54) is 16.8 Å². The molecular formula is C21H21N3S. The van der Waals surface area contributed by atoms with Crippen molar-refractivity contribution in [1.29, 1.82) is 0 Å². The number of rotatable bonds is 4. The summed E-state index contributed by atoms with van der Waals surface area (Å²) in [7, 11) is 4.14. The van der Waals surface area contributed by atoms with Gasteiger partial charge < -0.3 is 4.90 Å². The number of hydrogen-bond donors (Lipinski definition) is 0. The van der Waals surface area contributed by atoms with Gasteiger partial charge in [0.15, 0.2) is 0 Å². The lowest BCUT2D eigenvalue weighted by Crippen LogP contribution is -2.18. The monoisotopic (exact) mass is 347 g/mol. The minimum Gasteiger partial charge on any atom is -0.378 e. The molecule has 4 rings (SSSR count). The zero-order valence-corrected chi connectivity index (χ0v) is 15.3. The summed E-state index contributed by atoms with van der Waals surface area (Å²) >= 11 is 1.72. The van der Waals surface area contributed by atoms with E-state index in [-0.39, 0.29) is 6.04 Å². The van der Waals surface area contributed by atoms with Crippen molar-refractivity contribution >= 4 is 28.4 Å². The van der Waals surface area contributed by atoms with Gasteiger partial charge in [0.1, 0.15) is 0 Å². The third-order valence-electron chi connectivity index (χ3n) is 4.58. The minimum atomic E-state index is 0.230. The second-order valence-electron chi connectivity index (χ2n) is 6.44. The first-order chi connectivity index (χ1) is 12.2. The van der Waals surface area contributed by atoms with E-state index in [1.807, 2.05) is 6.07 Å². The molecule has 3 aromatic rings. The molecule has 0 N–H and O–H groups in total. The highest BCUT2D eigenvalue weighted by atomic mass is 32.1. The van der Waals surface area contributed by atoms with Gasteiger partial charge in [0.05, 0.1) is 17.4 Å². The second kappa shape index (κ2) is 6.73. The Kier molecular flexibility index (Phi) is 4.28. The predicted octanol–water partition coefficient (Wildman–Crippen LogP) is 5.17. The molecule has 0 radical (unpaired) electrons. The van der Waals surface area contributed by atoms with Crippen LogP contribution in [0, 0.1) is 0 Å². The molecule has 1 aliphatic rings. The van der Waals surface area contributed by atoms with Gasteiger partial charge in [-0.2, -0.15) is 16.4 Å². The van der Waals surface area contributed by atoms with E-state index >= 15 is 0 Å².